The topological polar surface area (TPSA) is 112 Å². The van der Waals surface area contributed by atoms with Gasteiger partial charge in [0.1, 0.15) is 29.6 Å². The summed E-state index contributed by atoms with van der Waals surface area (Å²) in [6, 6.07) is 5.76. The zero-order chi connectivity index (χ0) is 20.8. The number of carbonyl (C=O) groups is 2. The molecule has 0 bridgehead atoms. The summed E-state index contributed by atoms with van der Waals surface area (Å²) in [6.07, 6.45) is -0.454. The first-order valence-electron chi connectivity index (χ1n) is 8.42. The number of rotatable bonds is 6. The number of halogens is 2. The lowest BCUT2D eigenvalue weighted by Crippen LogP contribution is -2.28. The summed E-state index contributed by atoms with van der Waals surface area (Å²) >= 11 is 6.16. The Kier molecular flexibility index (Phi) is 7.01. The summed E-state index contributed by atoms with van der Waals surface area (Å²) in [7, 11) is 0. The highest BCUT2D eigenvalue weighted by molar-refractivity contribution is 6.31. The van der Waals surface area contributed by atoms with Crippen LogP contribution in [0.3, 0.4) is 0 Å². The molecule has 1 heterocycles. The van der Waals surface area contributed by atoms with Gasteiger partial charge in [-0.3, -0.25) is 4.79 Å². The lowest BCUT2D eigenvalue weighted by molar-refractivity contribution is -0.143. The standard InChI is InChI=1S/C19H18ClFN2O5/c1-3-26-14(24)8-13-17(19(25)27-4-2)15(10(9-22)18(23)28-13)16-11(20)6-5-7-12(16)21/h5-7,15H,3-4,8,23H2,1-2H3. The Bertz CT molecular complexity index is 884. The minimum atomic E-state index is -1.30. The first kappa shape index (κ1) is 21.3. The molecule has 1 atom stereocenters. The number of nitriles is 1. The average molecular weight is 409 g/mol. The molecule has 0 aliphatic carbocycles. The molecule has 0 aromatic heterocycles. The largest absolute Gasteiger partial charge is 0.466 e. The van der Waals surface area contributed by atoms with E-state index in [4.69, 9.17) is 31.5 Å². The molecule has 1 aromatic carbocycles. The molecule has 1 aliphatic heterocycles. The van der Waals surface area contributed by atoms with Crippen molar-refractivity contribution in [3.05, 3.63) is 57.4 Å². The highest BCUT2D eigenvalue weighted by Crippen LogP contribution is 2.43. The normalized spacial score (nSPS) is 16.3. The Labute approximate surface area is 166 Å². The summed E-state index contributed by atoms with van der Waals surface area (Å²) in [6.45, 7) is 3.31. The number of hydrogen-bond donors (Lipinski definition) is 1. The van der Waals surface area contributed by atoms with Crippen LogP contribution in [-0.2, 0) is 23.8 Å². The number of nitrogens with zero attached hydrogens (tertiary/aromatic N) is 1. The summed E-state index contributed by atoms with van der Waals surface area (Å²) in [5.74, 6) is -4.16. The van der Waals surface area contributed by atoms with E-state index in [2.05, 4.69) is 0 Å². The van der Waals surface area contributed by atoms with E-state index < -0.39 is 30.1 Å². The fourth-order valence-corrected chi connectivity index (χ4v) is 3.07. The highest BCUT2D eigenvalue weighted by atomic mass is 35.5. The van der Waals surface area contributed by atoms with Crippen molar-refractivity contribution < 1.29 is 28.2 Å². The fourth-order valence-electron chi connectivity index (χ4n) is 2.80. The van der Waals surface area contributed by atoms with E-state index in [-0.39, 0.29) is 46.6 Å². The molecule has 2 N–H and O–H groups in total. The molecule has 0 saturated heterocycles. The third-order valence-corrected chi connectivity index (χ3v) is 4.22. The number of carbonyl (C=O) groups excluding carboxylic acids is 2. The van der Waals surface area contributed by atoms with Gasteiger partial charge in [-0.2, -0.15) is 5.26 Å². The van der Waals surface area contributed by atoms with E-state index >= 15 is 0 Å². The summed E-state index contributed by atoms with van der Waals surface area (Å²) in [5.41, 5.74) is 5.23. The molecule has 0 saturated carbocycles. The van der Waals surface area contributed by atoms with Crippen molar-refractivity contribution in [3.8, 4) is 6.07 Å². The van der Waals surface area contributed by atoms with Crippen molar-refractivity contribution in [2.45, 2.75) is 26.2 Å². The van der Waals surface area contributed by atoms with Gasteiger partial charge in [0.05, 0.1) is 24.7 Å². The average Bonchev–Trinajstić information content (AvgIpc) is 2.62. The smallest absolute Gasteiger partial charge is 0.338 e. The molecule has 7 nitrogen and oxygen atoms in total. The van der Waals surface area contributed by atoms with Crippen LogP contribution in [0.4, 0.5) is 4.39 Å². The highest BCUT2D eigenvalue weighted by Gasteiger charge is 2.40. The number of benzene rings is 1. The van der Waals surface area contributed by atoms with Crippen molar-refractivity contribution in [1.29, 1.82) is 5.26 Å². The predicted octanol–water partition coefficient (Wildman–Crippen LogP) is 3.06. The van der Waals surface area contributed by atoms with E-state index in [9.17, 15) is 19.2 Å². The molecule has 1 aromatic rings. The molecule has 2 rings (SSSR count). The maximum Gasteiger partial charge on any atom is 0.338 e. The van der Waals surface area contributed by atoms with Crippen molar-refractivity contribution in [2.75, 3.05) is 13.2 Å². The van der Waals surface area contributed by atoms with Crippen molar-refractivity contribution in [1.82, 2.24) is 0 Å². The summed E-state index contributed by atoms with van der Waals surface area (Å²) in [5, 5.41) is 9.53. The molecule has 9 heteroatoms. The molecule has 0 spiro atoms. The Balaban J connectivity index is 2.73. The number of nitrogens with two attached hydrogens (primary N) is 1. The summed E-state index contributed by atoms with van der Waals surface area (Å²) < 4.78 is 29.9. The quantitative estimate of drug-likeness (QED) is 0.720. The molecule has 0 fully saturated rings. The predicted molar refractivity (Wildman–Crippen MR) is 97.0 cm³/mol. The first-order chi connectivity index (χ1) is 13.3. The van der Waals surface area contributed by atoms with E-state index in [1.165, 1.54) is 12.1 Å². The van der Waals surface area contributed by atoms with Gasteiger partial charge in [-0.15, -0.1) is 0 Å². The van der Waals surface area contributed by atoms with Crippen molar-refractivity contribution in [3.63, 3.8) is 0 Å². The van der Waals surface area contributed by atoms with E-state index in [0.29, 0.717) is 0 Å². The van der Waals surface area contributed by atoms with Crippen LogP contribution in [0, 0.1) is 17.1 Å². The molecule has 0 radical (unpaired) electrons. The van der Waals surface area contributed by atoms with Gasteiger partial charge in [-0.25, -0.2) is 9.18 Å². The number of allylic oxidation sites excluding steroid dienone is 1. The maximum absolute atomic E-state index is 14.6. The Morgan fingerprint density at radius 1 is 1.32 bits per heavy atom. The van der Waals surface area contributed by atoms with E-state index in [0.717, 1.165) is 6.07 Å². The van der Waals surface area contributed by atoms with Gasteiger partial charge in [-0.1, -0.05) is 17.7 Å². The monoisotopic (exact) mass is 408 g/mol. The molecule has 28 heavy (non-hydrogen) atoms. The molecule has 1 aliphatic rings. The van der Waals surface area contributed by atoms with Gasteiger partial charge >= 0.3 is 11.9 Å². The van der Waals surface area contributed by atoms with Crippen LogP contribution in [-0.4, -0.2) is 25.2 Å². The minimum absolute atomic E-state index is 0.00776. The second kappa shape index (κ2) is 9.24. The SMILES string of the molecule is CCOC(=O)CC1=C(C(=O)OCC)C(c2c(F)cccc2Cl)C(C#N)=C(N)O1. The first-order valence-corrected chi connectivity index (χ1v) is 8.80. The van der Waals surface area contributed by atoms with Crippen molar-refractivity contribution in [2.24, 2.45) is 5.73 Å². The van der Waals surface area contributed by atoms with Gasteiger partial charge in [0.2, 0.25) is 5.88 Å². The minimum Gasteiger partial charge on any atom is -0.466 e. The number of esters is 2. The molecule has 0 amide bonds. The van der Waals surface area contributed by atoms with Crippen LogP contribution < -0.4 is 5.73 Å². The fraction of sp³-hybridized carbons (Fsp3) is 0.316. The van der Waals surface area contributed by atoms with Gasteiger partial charge in [0, 0.05) is 10.6 Å². The van der Waals surface area contributed by atoms with Gasteiger partial charge in [-0.05, 0) is 26.0 Å². The Morgan fingerprint density at radius 3 is 2.57 bits per heavy atom. The van der Waals surface area contributed by atoms with Crippen LogP contribution in [0.1, 0.15) is 31.7 Å². The second-order valence-corrected chi connectivity index (χ2v) is 6.01. The third kappa shape index (κ3) is 4.26. The lowest BCUT2D eigenvalue weighted by Gasteiger charge is -2.28. The Hall–Kier alpha value is -3.05. The van der Waals surface area contributed by atoms with Gasteiger partial charge in [0.25, 0.3) is 0 Å². The third-order valence-electron chi connectivity index (χ3n) is 3.89. The van der Waals surface area contributed by atoms with Crippen LogP contribution >= 0.6 is 11.6 Å². The zero-order valence-electron chi connectivity index (χ0n) is 15.3. The molecule has 148 valence electrons. The zero-order valence-corrected chi connectivity index (χ0v) is 16.0. The van der Waals surface area contributed by atoms with Gasteiger partial charge in [0.15, 0.2) is 0 Å². The van der Waals surface area contributed by atoms with Crippen LogP contribution in [0.5, 0.6) is 0 Å². The van der Waals surface area contributed by atoms with E-state index in [1.807, 2.05) is 6.07 Å². The van der Waals surface area contributed by atoms with Crippen LogP contribution in [0.25, 0.3) is 0 Å². The number of ether oxygens (including phenoxy) is 3. The van der Waals surface area contributed by atoms with Crippen LogP contribution in [0.2, 0.25) is 5.02 Å². The summed E-state index contributed by atoms with van der Waals surface area (Å²) in [4.78, 5) is 24.6. The second-order valence-electron chi connectivity index (χ2n) is 5.60. The maximum atomic E-state index is 14.6. The van der Waals surface area contributed by atoms with Crippen LogP contribution in [0.15, 0.2) is 41.0 Å². The van der Waals surface area contributed by atoms with Crippen molar-refractivity contribution >= 4 is 23.5 Å². The van der Waals surface area contributed by atoms with E-state index in [1.54, 1.807) is 13.8 Å². The Morgan fingerprint density at radius 2 is 2.00 bits per heavy atom. The molecule has 1 unspecified atom stereocenters. The van der Waals surface area contributed by atoms with Gasteiger partial charge < -0.3 is 19.9 Å². The lowest BCUT2D eigenvalue weighted by atomic mass is 9.82. The molecular formula is C19H18ClFN2O5. The molecular weight excluding hydrogens is 391 g/mol. The number of hydrogen-bond acceptors (Lipinski definition) is 7.